The number of rotatable bonds is 2. The number of anilines is 1. The third-order valence-electron chi connectivity index (χ3n) is 3.14. The molecule has 5 nitrogen and oxygen atoms in total. The lowest BCUT2D eigenvalue weighted by molar-refractivity contribution is -0.117. The van der Waals surface area contributed by atoms with Gasteiger partial charge >= 0.3 is 0 Å². The fourth-order valence-electron chi connectivity index (χ4n) is 2.20. The first-order valence-electron chi connectivity index (χ1n) is 6.23. The largest absolute Gasteiger partial charge is 0.568 e. The van der Waals surface area contributed by atoms with Crippen molar-refractivity contribution in [3.8, 4) is 16.9 Å². The Balaban J connectivity index is 2.04. The van der Waals surface area contributed by atoms with Crippen molar-refractivity contribution in [1.29, 1.82) is 0 Å². The van der Waals surface area contributed by atoms with E-state index in [1.54, 1.807) is 6.07 Å². The lowest BCUT2D eigenvalue weighted by Crippen LogP contribution is -2.30. The van der Waals surface area contributed by atoms with Gasteiger partial charge in [-0.15, -0.1) is 4.72 Å². The summed E-state index contributed by atoms with van der Waals surface area (Å²) >= 11 is -1.94. The average Bonchev–Trinajstić information content (AvgIpc) is 2.77. The minimum absolute atomic E-state index is 0.266. The van der Waals surface area contributed by atoms with Crippen molar-refractivity contribution >= 4 is 23.1 Å². The summed E-state index contributed by atoms with van der Waals surface area (Å²) in [5, 5.41) is 10.0. The molecule has 1 fully saturated rings. The summed E-state index contributed by atoms with van der Waals surface area (Å²) < 4.78 is 42.2. The van der Waals surface area contributed by atoms with E-state index in [4.69, 9.17) is 0 Å². The Morgan fingerprint density at radius 2 is 2.00 bits per heavy atom. The molecule has 2 N–H and O–H groups in total. The van der Waals surface area contributed by atoms with Crippen LogP contribution in [0.2, 0.25) is 0 Å². The maximum atomic E-state index is 14.3. The molecule has 0 aromatic heterocycles. The molecule has 0 spiro atoms. The summed E-state index contributed by atoms with van der Waals surface area (Å²) in [6, 6.07) is 7.80. The summed E-state index contributed by atoms with van der Waals surface area (Å²) in [5.74, 6) is -2.36. The number of hydrogen-bond donors (Lipinski definition) is 2. The molecule has 2 aromatic carbocycles. The van der Waals surface area contributed by atoms with E-state index in [0.29, 0.717) is 5.56 Å². The Morgan fingerprint density at radius 3 is 2.59 bits per heavy atom. The van der Waals surface area contributed by atoms with Crippen molar-refractivity contribution in [2.45, 2.75) is 0 Å². The van der Waals surface area contributed by atoms with Gasteiger partial charge in [-0.05, 0) is 35.4 Å². The molecule has 1 atom stereocenters. The van der Waals surface area contributed by atoms with Crippen molar-refractivity contribution < 1.29 is 23.2 Å². The Labute approximate surface area is 127 Å². The first-order valence-corrected chi connectivity index (χ1v) is 7.34. The van der Waals surface area contributed by atoms with Crippen molar-refractivity contribution in [3.63, 3.8) is 0 Å². The number of nitrogens with one attached hydrogen (secondary N) is 1. The van der Waals surface area contributed by atoms with Crippen molar-refractivity contribution in [1.82, 2.24) is 4.72 Å². The highest BCUT2D eigenvalue weighted by Gasteiger charge is 2.37. The van der Waals surface area contributed by atoms with Gasteiger partial charge in [0, 0.05) is 0 Å². The molecule has 0 aliphatic carbocycles. The van der Waals surface area contributed by atoms with Crippen LogP contribution in [0.5, 0.6) is 5.75 Å². The van der Waals surface area contributed by atoms with E-state index in [1.807, 2.05) is 0 Å². The van der Waals surface area contributed by atoms with Gasteiger partial charge in [0.2, 0.25) is 0 Å². The van der Waals surface area contributed by atoms with Gasteiger partial charge in [-0.25, -0.2) is 8.78 Å². The molecular formula is C14H10F2N2O3S. The van der Waals surface area contributed by atoms with Crippen LogP contribution in [0, 0.1) is 11.6 Å². The fourth-order valence-corrected chi connectivity index (χ4v) is 3.15. The van der Waals surface area contributed by atoms with Crippen LogP contribution in [-0.2, 0) is 16.3 Å². The van der Waals surface area contributed by atoms with Gasteiger partial charge in [0.1, 0.15) is 11.6 Å². The zero-order valence-electron chi connectivity index (χ0n) is 11.0. The highest BCUT2D eigenvalue weighted by atomic mass is 32.2. The molecule has 1 heterocycles. The third kappa shape index (κ3) is 2.58. The number of halogens is 2. The van der Waals surface area contributed by atoms with Gasteiger partial charge in [0.25, 0.3) is 5.91 Å². The van der Waals surface area contributed by atoms with Gasteiger partial charge in [-0.1, -0.05) is 12.1 Å². The van der Waals surface area contributed by atoms with Gasteiger partial charge < -0.3 is 9.66 Å². The maximum absolute atomic E-state index is 14.3. The molecule has 1 amide bonds. The standard InChI is InChI=1S/C14H10F2N2O3S/c15-10-3-1-2-8(4-10)9-5-11(16)14(12(19)6-9)18-7-13(20)17-22(18)21/h1-6,19H,7H2,(H,17,20). The number of hydrogen-bond acceptors (Lipinski definition) is 4. The Hall–Kier alpha value is -2.32. The summed E-state index contributed by atoms with van der Waals surface area (Å²) in [6.07, 6.45) is 0. The normalized spacial score (nSPS) is 17.7. The molecule has 22 heavy (non-hydrogen) atoms. The van der Waals surface area contributed by atoms with E-state index in [9.17, 15) is 23.2 Å². The maximum Gasteiger partial charge on any atom is 0.287 e. The zero-order valence-corrected chi connectivity index (χ0v) is 11.9. The Morgan fingerprint density at radius 1 is 1.23 bits per heavy atom. The molecule has 1 aliphatic rings. The quantitative estimate of drug-likeness (QED) is 0.827. The van der Waals surface area contributed by atoms with E-state index in [-0.39, 0.29) is 17.8 Å². The number of aromatic hydroxyl groups is 1. The number of carbonyl (C=O) groups excluding carboxylic acids is 1. The fraction of sp³-hybridized carbons (Fsp3) is 0.0714. The van der Waals surface area contributed by atoms with Crippen LogP contribution in [-0.4, -0.2) is 22.1 Å². The minimum Gasteiger partial charge on any atom is -0.568 e. The van der Waals surface area contributed by atoms with Crippen molar-refractivity contribution in [2.24, 2.45) is 0 Å². The van der Waals surface area contributed by atoms with Crippen LogP contribution < -0.4 is 9.03 Å². The second-order valence-corrected chi connectivity index (χ2v) is 5.79. The number of carbonyl (C=O) groups is 1. The first-order chi connectivity index (χ1) is 10.5. The monoisotopic (exact) mass is 324 g/mol. The Bertz CT molecular complexity index is 734. The van der Waals surface area contributed by atoms with Crippen LogP contribution in [0.4, 0.5) is 14.5 Å². The molecule has 114 valence electrons. The van der Waals surface area contributed by atoms with Gasteiger partial charge in [0.05, 0.1) is 0 Å². The van der Waals surface area contributed by atoms with E-state index in [2.05, 4.69) is 4.72 Å². The van der Waals surface area contributed by atoms with Crippen molar-refractivity contribution in [2.75, 3.05) is 10.8 Å². The zero-order chi connectivity index (χ0) is 15.9. The van der Waals surface area contributed by atoms with E-state index in [0.717, 1.165) is 10.4 Å². The van der Waals surface area contributed by atoms with Gasteiger partial charge in [0.15, 0.2) is 29.6 Å². The summed E-state index contributed by atoms with van der Waals surface area (Å²) in [4.78, 5) is 11.2. The van der Waals surface area contributed by atoms with Crippen LogP contribution in [0.15, 0.2) is 36.4 Å². The van der Waals surface area contributed by atoms with Crippen LogP contribution in [0.1, 0.15) is 0 Å². The molecule has 8 heteroatoms. The summed E-state index contributed by atoms with van der Waals surface area (Å²) in [5.41, 5.74) is 0.317. The first kappa shape index (κ1) is 14.6. The third-order valence-corrected chi connectivity index (χ3v) is 4.25. The van der Waals surface area contributed by atoms with Crippen LogP contribution in [0.25, 0.3) is 11.1 Å². The lowest BCUT2D eigenvalue weighted by atomic mass is 10.0. The second kappa shape index (κ2) is 5.47. The van der Waals surface area contributed by atoms with Gasteiger partial charge in [-0.2, -0.15) is 4.31 Å². The molecule has 0 radical (unpaired) electrons. The average molecular weight is 324 g/mol. The topological polar surface area (TPSA) is 75.6 Å². The predicted molar refractivity (Wildman–Crippen MR) is 77.1 cm³/mol. The molecule has 1 unspecified atom stereocenters. The number of benzene rings is 2. The molecule has 1 aliphatic heterocycles. The second-order valence-electron chi connectivity index (χ2n) is 4.65. The molecule has 3 rings (SSSR count). The van der Waals surface area contributed by atoms with Crippen LogP contribution >= 0.6 is 0 Å². The van der Waals surface area contributed by atoms with Crippen LogP contribution in [0.3, 0.4) is 0 Å². The molecule has 1 saturated heterocycles. The summed E-state index contributed by atoms with van der Waals surface area (Å²) in [6.45, 7) is -0.323. The van der Waals surface area contributed by atoms with E-state index >= 15 is 0 Å². The van der Waals surface area contributed by atoms with Crippen molar-refractivity contribution in [3.05, 3.63) is 48.0 Å². The number of amides is 1. The molecular weight excluding hydrogens is 314 g/mol. The van der Waals surface area contributed by atoms with E-state index in [1.165, 1.54) is 24.3 Å². The Kier molecular flexibility index (Phi) is 3.63. The minimum atomic E-state index is -1.94. The SMILES string of the molecule is O=C1CN(c2c(O)cc(-c3cccc(F)c3)cc2F)[S+]([O-])N1. The molecule has 0 saturated carbocycles. The predicted octanol–water partition coefficient (Wildman–Crippen LogP) is 1.85. The molecule has 2 aromatic rings. The number of phenols is 1. The lowest BCUT2D eigenvalue weighted by Gasteiger charge is -2.18. The van der Waals surface area contributed by atoms with E-state index < -0.39 is 34.8 Å². The number of phenolic OH excluding ortho intramolecular Hbond substituents is 1. The number of nitrogens with zero attached hydrogens (tertiary/aromatic N) is 1. The summed E-state index contributed by atoms with van der Waals surface area (Å²) in [7, 11) is 0. The highest BCUT2D eigenvalue weighted by molar-refractivity contribution is 7.92. The molecule has 0 bridgehead atoms. The smallest absolute Gasteiger partial charge is 0.287 e. The highest BCUT2D eigenvalue weighted by Crippen LogP contribution is 2.37. The van der Waals surface area contributed by atoms with Gasteiger partial charge in [-0.3, -0.25) is 4.79 Å².